The van der Waals surface area contributed by atoms with Crippen LogP contribution in [0.2, 0.25) is 0 Å². The number of anilines is 2. The minimum atomic E-state index is 0.260. The minimum Gasteiger partial charge on any atom is -0.379 e. The molecule has 0 aromatic carbocycles. The Hall–Kier alpha value is -2.82. The van der Waals surface area contributed by atoms with E-state index in [0.29, 0.717) is 5.82 Å². The number of rotatable bonds is 5. The summed E-state index contributed by atoms with van der Waals surface area (Å²) in [5.74, 6) is 0.717. The Bertz CT molecular complexity index is 1110. The van der Waals surface area contributed by atoms with Crippen LogP contribution in [0.3, 0.4) is 0 Å². The van der Waals surface area contributed by atoms with Crippen LogP contribution in [-0.2, 0) is 4.74 Å². The molecular formula is C19H22N8OS. The van der Waals surface area contributed by atoms with E-state index in [-0.39, 0.29) is 6.04 Å². The summed E-state index contributed by atoms with van der Waals surface area (Å²) < 4.78 is 12.2. The molecule has 5 rings (SSSR count). The number of morpholine rings is 1. The maximum atomic E-state index is 5.46. The Morgan fingerprint density at radius 1 is 1.28 bits per heavy atom. The Morgan fingerprint density at radius 3 is 2.93 bits per heavy atom. The molecule has 150 valence electrons. The predicted molar refractivity (Wildman–Crippen MR) is 112 cm³/mol. The van der Waals surface area contributed by atoms with E-state index in [2.05, 4.69) is 47.7 Å². The fourth-order valence-corrected chi connectivity index (χ4v) is 4.34. The van der Waals surface area contributed by atoms with Crippen molar-refractivity contribution in [3.8, 4) is 11.3 Å². The Morgan fingerprint density at radius 2 is 2.14 bits per heavy atom. The molecule has 0 aliphatic carbocycles. The second-order valence-electron chi connectivity index (χ2n) is 7.12. The number of fused-ring (bicyclic) bond motifs is 1. The summed E-state index contributed by atoms with van der Waals surface area (Å²) in [5, 5.41) is 11.3. The van der Waals surface area contributed by atoms with E-state index in [4.69, 9.17) is 4.74 Å². The molecule has 0 bridgehead atoms. The number of aromatic nitrogens is 6. The van der Waals surface area contributed by atoms with Gasteiger partial charge >= 0.3 is 0 Å². The van der Waals surface area contributed by atoms with Crippen molar-refractivity contribution >= 4 is 28.0 Å². The Labute approximate surface area is 171 Å². The summed E-state index contributed by atoms with van der Waals surface area (Å²) in [6.45, 7) is 7.60. The maximum Gasteiger partial charge on any atom is 0.180 e. The van der Waals surface area contributed by atoms with Gasteiger partial charge in [-0.25, -0.2) is 9.97 Å². The highest BCUT2D eigenvalue weighted by Crippen LogP contribution is 2.30. The summed E-state index contributed by atoms with van der Waals surface area (Å²) >= 11 is 1.44. The minimum absolute atomic E-state index is 0.260. The number of aromatic amines is 1. The van der Waals surface area contributed by atoms with E-state index in [1.807, 2.05) is 29.9 Å². The van der Waals surface area contributed by atoms with Crippen LogP contribution < -0.4 is 5.32 Å². The van der Waals surface area contributed by atoms with Gasteiger partial charge in [-0.1, -0.05) is 0 Å². The fourth-order valence-electron chi connectivity index (χ4n) is 3.61. The molecule has 0 saturated carbocycles. The molecule has 10 heteroatoms. The van der Waals surface area contributed by atoms with Crippen LogP contribution >= 0.6 is 11.5 Å². The molecule has 4 aromatic rings. The molecule has 2 N–H and O–H groups in total. The molecule has 1 aliphatic rings. The number of nitrogens with zero attached hydrogens (tertiary/aromatic N) is 6. The van der Waals surface area contributed by atoms with Crippen LogP contribution in [0.25, 0.3) is 16.9 Å². The zero-order valence-corrected chi connectivity index (χ0v) is 17.1. The third-order valence-electron chi connectivity index (χ3n) is 5.20. The maximum absolute atomic E-state index is 5.46. The molecule has 0 radical (unpaired) electrons. The molecule has 1 fully saturated rings. The van der Waals surface area contributed by atoms with Gasteiger partial charge in [0.2, 0.25) is 0 Å². The van der Waals surface area contributed by atoms with Crippen LogP contribution in [0.5, 0.6) is 0 Å². The van der Waals surface area contributed by atoms with Crippen LogP contribution in [0.15, 0.2) is 30.9 Å². The number of hydrogen-bond acceptors (Lipinski definition) is 8. The molecule has 5 heterocycles. The first kappa shape index (κ1) is 18.2. The van der Waals surface area contributed by atoms with E-state index in [9.17, 15) is 0 Å². The smallest absolute Gasteiger partial charge is 0.180 e. The largest absolute Gasteiger partial charge is 0.379 e. The topological polar surface area (TPSA) is 96.3 Å². The zero-order chi connectivity index (χ0) is 19.8. The van der Waals surface area contributed by atoms with Gasteiger partial charge in [0.1, 0.15) is 5.00 Å². The monoisotopic (exact) mass is 410 g/mol. The molecule has 1 aliphatic heterocycles. The molecule has 0 spiro atoms. The normalized spacial score (nSPS) is 16.3. The summed E-state index contributed by atoms with van der Waals surface area (Å²) in [7, 11) is 0. The average molecular weight is 411 g/mol. The highest BCUT2D eigenvalue weighted by molar-refractivity contribution is 7.10. The number of aryl methyl sites for hydroxylation is 1. The Kier molecular flexibility index (Phi) is 4.74. The Balaban J connectivity index is 1.43. The van der Waals surface area contributed by atoms with Gasteiger partial charge in [0.15, 0.2) is 11.5 Å². The van der Waals surface area contributed by atoms with Crippen molar-refractivity contribution in [2.24, 2.45) is 0 Å². The lowest BCUT2D eigenvalue weighted by Crippen LogP contribution is -2.38. The first-order chi connectivity index (χ1) is 14.2. The van der Waals surface area contributed by atoms with E-state index < -0.39 is 0 Å². The lowest BCUT2D eigenvalue weighted by molar-refractivity contribution is 0.0192. The second kappa shape index (κ2) is 7.54. The van der Waals surface area contributed by atoms with Crippen molar-refractivity contribution in [1.29, 1.82) is 0 Å². The number of H-pyrrole nitrogens is 1. The van der Waals surface area contributed by atoms with Crippen LogP contribution in [0.4, 0.5) is 10.8 Å². The van der Waals surface area contributed by atoms with Crippen molar-refractivity contribution in [2.75, 3.05) is 31.6 Å². The molecule has 1 atom stereocenters. The standard InChI is InChI=1S/C19H22N8OS/c1-12-11-27-16(14-8-21-22-9-14)10-20-19(27)18(23-12)24-17-7-15(25-29-17)13(2)26-3-5-28-6-4-26/h7-11,13H,3-6H2,1-2H3,(H,21,22)(H,23,24). The SMILES string of the molecule is Cc1cn2c(-c3cn[nH]c3)cnc2c(Nc2cc(C(C)N3CCOCC3)ns2)n1. The molecule has 4 aromatic heterocycles. The number of nitrogens with one attached hydrogen (secondary N) is 2. The highest BCUT2D eigenvalue weighted by atomic mass is 32.1. The molecule has 1 unspecified atom stereocenters. The van der Waals surface area contributed by atoms with E-state index in [1.54, 1.807) is 6.20 Å². The number of hydrogen-bond donors (Lipinski definition) is 2. The van der Waals surface area contributed by atoms with Gasteiger partial charge in [0.25, 0.3) is 0 Å². The molecule has 1 saturated heterocycles. The summed E-state index contributed by atoms with van der Waals surface area (Å²) in [5.41, 5.74) is 4.67. The average Bonchev–Trinajstić information content (AvgIpc) is 3.48. The lowest BCUT2D eigenvalue weighted by atomic mass is 10.2. The molecule has 29 heavy (non-hydrogen) atoms. The van der Waals surface area contributed by atoms with Crippen molar-refractivity contribution in [3.05, 3.63) is 42.2 Å². The van der Waals surface area contributed by atoms with Crippen LogP contribution in [0, 0.1) is 6.92 Å². The van der Waals surface area contributed by atoms with Crippen molar-refractivity contribution in [1.82, 2.24) is 33.8 Å². The van der Waals surface area contributed by atoms with Gasteiger partial charge < -0.3 is 10.1 Å². The van der Waals surface area contributed by atoms with Gasteiger partial charge in [-0.3, -0.25) is 14.4 Å². The molecule has 9 nitrogen and oxygen atoms in total. The number of imidazole rings is 1. The summed E-state index contributed by atoms with van der Waals surface area (Å²) in [6, 6.07) is 2.36. The number of ether oxygens (including phenoxy) is 1. The first-order valence-electron chi connectivity index (χ1n) is 9.58. The first-order valence-corrected chi connectivity index (χ1v) is 10.4. The zero-order valence-electron chi connectivity index (χ0n) is 16.3. The second-order valence-corrected chi connectivity index (χ2v) is 7.93. The van der Waals surface area contributed by atoms with Crippen LogP contribution in [0.1, 0.15) is 24.4 Å². The van der Waals surface area contributed by atoms with Gasteiger partial charge in [0, 0.05) is 31.0 Å². The van der Waals surface area contributed by atoms with Crippen molar-refractivity contribution in [2.45, 2.75) is 19.9 Å². The van der Waals surface area contributed by atoms with Crippen molar-refractivity contribution < 1.29 is 4.74 Å². The van der Waals surface area contributed by atoms with Gasteiger partial charge in [0.05, 0.1) is 48.7 Å². The van der Waals surface area contributed by atoms with E-state index in [1.165, 1.54) is 11.5 Å². The summed E-state index contributed by atoms with van der Waals surface area (Å²) in [4.78, 5) is 11.7. The summed E-state index contributed by atoms with van der Waals surface area (Å²) in [6.07, 6.45) is 7.46. The van der Waals surface area contributed by atoms with Gasteiger partial charge in [-0.2, -0.15) is 9.47 Å². The fraction of sp³-hybridized carbons (Fsp3) is 0.368. The van der Waals surface area contributed by atoms with E-state index in [0.717, 1.165) is 59.6 Å². The highest BCUT2D eigenvalue weighted by Gasteiger charge is 2.21. The van der Waals surface area contributed by atoms with E-state index >= 15 is 0 Å². The lowest BCUT2D eigenvalue weighted by Gasteiger charge is -2.31. The molecule has 0 amide bonds. The van der Waals surface area contributed by atoms with Gasteiger partial charge in [-0.15, -0.1) is 0 Å². The third kappa shape index (κ3) is 3.50. The third-order valence-corrected chi connectivity index (χ3v) is 5.92. The van der Waals surface area contributed by atoms with Crippen molar-refractivity contribution in [3.63, 3.8) is 0 Å². The quantitative estimate of drug-likeness (QED) is 0.522. The van der Waals surface area contributed by atoms with Gasteiger partial charge in [-0.05, 0) is 31.4 Å². The van der Waals surface area contributed by atoms with Crippen LogP contribution in [-0.4, -0.2) is 60.1 Å². The predicted octanol–water partition coefficient (Wildman–Crippen LogP) is 3.02. The molecular weight excluding hydrogens is 388 g/mol.